The second-order valence-corrected chi connectivity index (χ2v) is 8.61. The van der Waals surface area contributed by atoms with Crippen molar-refractivity contribution < 1.29 is 23.8 Å². The number of thiazole rings is 1. The number of hydrogen-bond acceptors (Lipinski definition) is 9. The number of nitrogens with zero attached hydrogens (tertiary/aromatic N) is 5. The van der Waals surface area contributed by atoms with Crippen molar-refractivity contribution >= 4 is 44.0 Å². The lowest BCUT2D eigenvalue weighted by Crippen LogP contribution is -2.39. The van der Waals surface area contributed by atoms with Crippen molar-refractivity contribution in [2.75, 3.05) is 44.3 Å². The minimum Gasteiger partial charge on any atom is -0.379 e. The molecule has 2 aromatic carbocycles. The maximum Gasteiger partial charge on any atom is 0.277 e. The third-order valence-electron chi connectivity index (χ3n) is 5.37. The summed E-state index contributed by atoms with van der Waals surface area (Å²) in [6, 6.07) is 7.27. The van der Waals surface area contributed by atoms with Crippen LogP contribution in [0.1, 0.15) is 16.8 Å². The number of morpholine rings is 1. The number of anilines is 1. The van der Waals surface area contributed by atoms with E-state index in [9.17, 15) is 29.4 Å². The number of non-ortho nitro benzene ring substituents is 2. The fourth-order valence-electron chi connectivity index (χ4n) is 3.67. The molecule has 1 aliphatic rings. The molecule has 3 aromatic rings. The minimum atomic E-state index is -0.792. The maximum absolute atomic E-state index is 14.2. The van der Waals surface area contributed by atoms with Crippen LogP contribution < -0.4 is 4.90 Å². The molecule has 0 saturated carbocycles. The van der Waals surface area contributed by atoms with Crippen molar-refractivity contribution in [3.05, 3.63) is 68.0 Å². The van der Waals surface area contributed by atoms with E-state index in [2.05, 4.69) is 9.88 Å². The first-order valence-electron chi connectivity index (χ1n) is 10.4. The van der Waals surface area contributed by atoms with Gasteiger partial charge in [0, 0.05) is 38.3 Å². The standard InChI is InChI=1S/C21H20FN5O6S/c22-17-3-1-4-18-19(17)23-21(34-18)25(6-2-5-24-7-9-33-10-8-24)20(28)14-11-15(26(29)30)13-16(12-14)27(31)32/h1,3-4,11-13H,2,5-10H2. The zero-order valence-electron chi connectivity index (χ0n) is 17.9. The third-order valence-corrected chi connectivity index (χ3v) is 6.41. The highest BCUT2D eigenvalue weighted by Gasteiger charge is 2.26. The van der Waals surface area contributed by atoms with E-state index < -0.39 is 32.9 Å². The smallest absolute Gasteiger partial charge is 0.277 e. The number of aromatic nitrogens is 1. The van der Waals surface area contributed by atoms with E-state index in [4.69, 9.17) is 4.74 Å². The van der Waals surface area contributed by atoms with Gasteiger partial charge in [-0.15, -0.1) is 0 Å². The maximum atomic E-state index is 14.2. The summed E-state index contributed by atoms with van der Waals surface area (Å²) < 4.78 is 20.1. The van der Waals surface area contributed by atoms with E-state index in [1.807, 2.05) is 0 Å². The van der Waals surface area contributed by atoms with E-state index in [-0.39, 0.29) is 22.8 Å². The summed E-state index contributed by atoms with van der Waals surface area (Å²) in [6.07, 6.45) is 0.543. The van der Waals surface area contributed by atoms with Crippen LogP contribution in [0.5, 0.6) is 0 Å². The second kappa shape index (κ2) is 10.2. The van der Waals surface area contributed by atoms with Gasteiger partial charge in [-0.1, -0.05) is 17.4 Å². The van der Waals surface area contributed by atoms with Crippen molar-refractivity contribution in [2.45, 2.75) is 6.42 Å². The highest BCUT2D eigenvalue weighted by Crippen LogP contribution is 2.32. The van der Waals surface area contributed by atoms with Crippen molar-refractivity contribution in [3.8, 4) is 0 Å². The van der Waals surface area contributed by atoms with Crippen LogP contribution in [0.3, 0.4) is 0 Å². The Morgan fingerprint density at radius 3 is 2.44 bits per heavy atom. The molecule has 34 heavy (non-hydrogen) atoms. The molecule has 178 valence electrons. The molecule has 1 aliphatic heterocycles. The van der Waals surface area contributed by atoms with E-state index in [1.54, 1.807) is 6.07 Å². The van der Waals surface area contributed by atoms with Gasteiger partial charge in [0.15, 0.2) is 5.13 Å². The molecule has 1 saturated heterocycles. The number of nitro groups is 2. The molecule has 11 nitrogen and oxygen atoms in total. The number of para-hydroxylation sites is 1. The fourth-order valence-corrected chi connectivity index (χ4v) is 4.67. The number of fused-ring (bicyclic) bond motifs is 1. The number of amides is 1. The molecule has 0 atom stereocenters. The predicted octanol–water partition coefficient (Wildman–Crippen LogP) is 3.62. The van der Waals surface area contributed by atoms with Gasteiger partial charge in [-0.2, -0.15) is 0 Å². The Morgan fingerprint density at radius 1 is 1.15 bits per heavy atom. The Balaban J connectivity index is 1.67. The SMILES string of the molecule is O=C(c1cc([N+](=O)[O-])cc([N+](=O)[O-])c1)N(CCCN1CCOCC1)c1nc2c(F)cccc2s1. The Morgan fingerprint density at radius 2 is 1.82 bits per heavy atom. The van der Waals surface area contributed by atoms with Gasteiger partial charge in [-0.3, -0.25) is 34.8 Å². The van der Waals surface area contributed by atoms with E-state index in [0.717, 1.165) is 42.6 Å². The van der Waals surface area contributed by atoms with Gasteiger partial charge in [0.1, 0.15) is 11.3 Å². The van der Waals surface area contributed by atoms with Crippen LogP contribution in [-0.2, 0) is 4.74 Å². The van der Waals surface area contributed by atoms with Crippen molar-refractivity contribution in [1.82, 2.24) is 9.88 Å². The number of benzene rings is 2. The zero-order chi connectivity index (χ0) is 24.2. The Labute approximate surface area is 196 Å². The number of hydrogen-bond donors (Lipinski definition) is 0. The summed E-state index contributed by atoms with van der Waals surface area (Å²) in [5.41, 5.74) is -1.24. The van der Waals surface area contributed by atoms with Gasteiger partial charge in [-0.25, -0.2) is 9.37 Å². The first kappa shape index (κ1) is 23.6. The topological polar surface area (TPSA) is 132 Å². The van der Waals surface area contributed by atoms with Gasteiger partial charge in [0.05, 0.1) is 39.4 Å². The van der Waals surface area contributed by atoms with Crippen LogP contribution >= 0.6 is 11.3 Å². The lowest BCUT2D eigenvalue weighted by Gasteiger charge is -2.27. The second-order valence-electron chi connectivity index (χ2n) is 7.60. The quantitative estimate of drug-likeness (QED) is 0.346. The molecule has 1 amide bonds. The number of rotatable bonds is 8. The van der Waals surface area contributed by atoms with Gasteiger partial charge in [0.25, 0.3) is 17.3 Å². The molecule has 2 heterocycles. The zero-order valence-corrected chi connectivity index (χ0v) is 18.7. The third kappa shape index (κ3) is 5.16. The number of ether oxygens (including phenoxy) is 1. The van der Waals surface area contributed by atoms with Crippen LogP contribution in [0.2, 0.25) is 0 Å². The Hall–Kier alpha value is -3.55. The molecular formula is C21H20FN5O6S. The molecule has 0 radical (unpaired) electrons. The normalized spacial score (nSPS) is 14.3. The van der Waals surface area contributed by atoms with Gasteiger partial charge in [-0.05, 0) is 18.6 Å². The van der Waals surface area contributed by atoms with E-state index >= 15 is 0 Å². The van der Waals surface area contributed by atoms with Crippen molar-refractivity contribution in [3.63, 3.8) is 0 Å². The number of carbonyl (C=O) groups is 1. The molecule has 0 bridgehead atoms. The molecule has 1 fully saturated rings. The van der Waals surface area contributed by atoms with E-state index in [1.165, 1.54) is 17.0 Å². The highest BCUT2D eigenvalue weighted by molar-refractivity contribution is 7.22. The summed E-state index contributed by atoms with van der Waals surface area (Å²) in [5.74, 6) is -1.22. The first-order valence-corrected chi connectivity index (χ1v) is 11.3. The number of halogens is 1. The Bertz CT molecular complexity index is 1210. The van der Waals surface area contributed by atoms with Gasteiger partial charge in [0.2, 0.25) is 0 Å². The van der Waals surface area contributed by atoms with Crippen molar-refractivity contribution in [2.24, 2.45) is 0 Å². The van der Waals surface area contributed by atoms with Crippen LogP contribution in [-0.4, -0.2) is 65.0 Å². The summed E-state index contributed by atoms with van der Waals surface area (Å²) in [4.78, 5) is 42.2. The molecule has 1 aromatic heterocycles. The molecule has 0 N–H and O–H groups in total. The van der Waals surface area contributed by atoms with Crippen LogP contribution in [0.4, 0.5) is 20.9 Å². The first-order chi connectivity index (χ1) is 16.3. The lowest BCUT2D eigenvalue weighted by molar-refractivity contribution is -0.394. The summed E-state index contributed by atoms with van der Waals surface area (Å²) in [7, 11) is 0. The number of carbonyl (C=O) groups excluding carboxylic acids is 1. The monoisotopic (exact) mass is 489 g/mol. The van der Waals surface area contributed by atoms with E-state index in [0.29, 0.717) is 30.9 Å². The average Bonchev–Trinajstić information content (AvgIpc) is 3.27. The fraction of sp³-hybridized carbons (Fsp3) is 0.333. The van der Waals surface area contributed by atoms with Crippen LogP contribution in [0, 0.1) is 26.0 Å². The van der Waals surface area contributed by atoms with Crippen LogP contribution in [0.25, 0.3) is 10.2 Å². The van der Waals surface area contributed by atoms with Crippen LogP contribution in [0.15, 0.2) is 36.4 Å². The van der Waals surface area contributed by atoms with Crippen molar-refractivity contribution in [1.29, 1.82) is 0 Å². The number of nitro benzene ring substituents is 2. The molecule has 0 aliphatic carbocycles. The summed E-state index contributed by atoms with van der Waals surface area (Å²) in [6.45, 7) is 3.62. The molecule has 13 heteroatoms. The predicted molar refractivity (Wildman–Crippen MR) is 123 cm³/mol. The molecule has 0 spiro atoms. The molecule has 4 rings (SSSR count). The summed E-state index contributed by atoms with van der Waals surface area (Å²) in [5, 5.41) is 22.8. The molecule has 0 unspecified atom stereocenters. The Kier molecular flexibility index (Phi) is 7.05. The highest BCUT2D eigenvalue weighted by atomic mass is 32.1. The van der Waals surface area contributed by atoms with Gasteiger partial charge >= 0.3 is 0 Å². The lowest BCUT2D eigenvalue weighted by atomic mass is 10.1. The average molecular weight is 489 g/mol. The largest absolute Gasteiger partial charge is 0.379 e. The van der Waals surface area contributed by atoms with Gasteiger partial charge < -0.3 is 4.74 Å². The minimum absolute atomic E-state index is 0.110. The molecular weight excluding hydrogens is 469 g/mol. The summed E-state index contributed by atoms with van der Waals surface area (Å²) >= 11 is 1.10.